The van der Waals surface area contributed by atoms with Gasteiger partial charge in [-0.05, 0) is 101 Å². The van der Waals surface area contributed by atoms with Crippen LogP contribution in [0.4, 0.5) is 28.4 Å². The second-order valence-electron chi connectivity index (χ2n) is 13.5. The molecule has 0 aliphatic heterocycles. The number of aromatic carboxylic acids is 1. The fraction of sp³-hybridized carbons (Fsp3) is 0.0400. The number of carboxylic acids is 2. The number of aliphatic carboxylic acids is 1. The Labute approximate surface area is 336 Å². The van der Waals surface area contributed by atoms with Gasteiger partial charge < -0.3 is 30.2 Å². The molecule has 0 saturated heterocycles. The number of phenols is 1. The van der Waals surface area contributed by atoms with Crippen LogP contribution in [-0.2, 0) is 4.79 Å². The summed E-state index contributed by atoms with van der Waals surface area (Å²) in [5.74, 6) is -3.65. The molecule has 0 aromatic heterocycles. The van der Waals surface area contributed by atoms with E-state index < -0.39 is 23.6 Å². The van der Waals surface area contributed by atoms with Crippen LogP contribution in [0.5, 0.6) is 5.75 Å². The average Bonchev–Trinajstić information content (AvgIpc) is 3.26. The molecule has 0 bridgehead atoms. The largest absolute Gasteiger partial charge is 0.507 e. The van der Waals surface area contributed by atoms with E-state index in [9.17, 15) is 30.0 Å². The predicted octanol–water partition coefficient (Wildman–Crippen LogP) is 11.1. The van der Waals surface area contributed by atoms with E-state index in [1.807, 2.05) is 152 Å². The maximum Gasteiger partial charge on any atom is 0.339 e. The van der Waals surface area contributed by atoms with Crippen molar-refractivity contribution in [1.82, 2.24) is 0 Å². The number of para-hydroxylation sites is 4. The number of benzene rings is 7. The summed E-state index contributed by atoms with van der Waals surface area (Å²) in [5, 5.41) is 40.7. The minimum absolute atomic E-state index is 0.109. The molecule has 0 spiro atoms. The first-order valence-corrected chi connectivity index (χ1v) is 18.6. The van der Waals surface area contributed by atoms with Crippen LogP contribution in [0.3, 0.4) is 0 Å². The van der Waals surface area contributed by atoms with E-state index >= 15 is 0 Å². The molecule has 0 heterocycles. The first kappa shape index (κ1) is 38.6. The summed E-state index contributed by atoms with van der Waals surface area (Å²) in [6, 6.07) is 60.9. The van der Waals surface area contributed by atoms with Gasteiger partial charge in [-0.15, -0.1) is 0 Å². The molecule has 58 heavy (non-hydrogen) atoms. The molecule has 4 N–H and O–H groups in total. The lowest BCUT2D eigenvalue weighted by Crippen LogP contribution is -2.53. The van der Waals surface area contributed by atoms with Gasteiger partial charge in [0.25, 0.3) is 0 Å². The highest BCUT2D eigenvalue weighted by molar-refractivity contribution is 5.93. The SMILES string of the molecule is O=C(O)C1C=C(c2ccccc2)C=CC1(O)N(c1ccccc1)c1ccccc1.O=C(O)c1cc(-c2ccc(N(c3ccccc3)c3ccccc3)cc2)ccc1O. The van der Waals surface area contributed by atoms with Crippen LogP contribution in [0.1, 0.15) is 15.9 Å². The van der Waals surface area contributed by atoms with Crippen LogP contribution in [0.25, 0.3) is 16.7 Å². The molecule has 2 atom stereocenters. The lowest BCUT2D eigenvalue weighted by atomic mass is 9.84. The Bertz CT molecular complexity index is 2450. The zero-order chi connectivity index (χ0) is 40.5. The van der Waals surface area contributed by atoms with Crippen molar-refractivity contribution in [3.05, 3.63) is 223 Å². The number of nitrogens with zero attached hydrogens (tertiary/aromatic N) is 2. The van der Waals surface area contributed by atoms with Gasteiger partial charge in [0.05, 0.1) is 0 Å². The first-order valence-electron chi connectivity index (χ1n) is 18.6. The molecule has 0 fully saturated rings. The highest BCUT2D eigenvalue weighted by Gasteiger charge is 2.46. The third-order valence-corrected chi connectivity index (χ3v) is 9.79. The molecule has 8 heteroatoms. The molecular formula is C50H40N2O6. The molecular weight excluding hydrogens is 725 g/mol. The number of aliphatic hydroxyl groups is 1. The van der Waals surface area contributed by atoms with E-state index in [1.165, 1.54) is 12.1 Å². The van der Waals surface area contributed by atoms with Gasteiger partial charge in [0.2, 0.25) is 0 Å². The van der Waals surface area contributed by atoms with Gasteiger partial charge in [-0.3, -0.25) is 4.79 Å². The topological polar surface area (TPSA) is 122 Å². The van der Waals surface area contributed by atoms with Crippen molar-refractivity contribution in [3.8, 4) is 16.9 Å². The summed E-state index contributed by atoms with van der Waals surface area (Å²) < 4.78 is 0. The molecule has 0 amide bonds. The minimum atomic E-state index is -1.77. The molecule has 1 aliphatic carbocycles. The second kappa shape index (κ2) is 17.4. The lowest BCUT2D eigenvalue weighted by Gasteiger charge is -2.43. The van der Waals surface area contributed by atoms with E-state index in [2.05, 4.69) is 29.2 Å². The molecule has 7 aromatic rings. The standard InChI is InChI=1S/C25H21NO3.C25H19NO3/c27-24(28)23-18-20(19-10-4-1-5-11-19)16-17-25(23,29)26(21-12-6-2-7-13-21)22-14-8-3-9-15-22;27-24-16-13-19(17-23(24)25(28)29)18-11-14-22(15-12-18)26(20-7-3-1-4-8-20)21-9-5-2-6-10-21/h1-18,23,29H,(H,27,28);1-17,27H,(H,28,29). The van der Waals surface area contributed by atoms with Crippen LogP contribution < -0.4 is 9.80 Å². The van der Waals surface area contributed by atoms with E-state index in [0.29, 0.717) is 11.4 Å². The van der Waals surface area contributed by atoms with E-state index in [1.54, 1.807) is 29.2 Å². The Hall–Kier alpha value is -7.68. The Morgan fingerprint density at radius 2 is 0.931 bits per heavy atom. The monoisotopic (exact) mass is 764 g/mol. The Balaban J connectivity index is 0.000000177. The Kier molecular flexibility index (Phi) is 11.6. The normalized spacial score (nSPS) is 15.6. The Morgan fingerprint density at radius 1 is 0.500 bits per heavy atom. The summed E-state index contributed by atoms with van der Waals surface area (Å²) in [6.07, 6.45) is 4.98. The fourth-order valence-electron chi connectivity index (χ4n) is 6.97. The van der Waals surface area contributed by atoms with Gasteiger partial charge in [-0.2, -0.15) is 0 Å². The van der Waals surface area contributed by atoms with E-state index in [-0.39, 0.29) is 11.3 Å². The summed E-state index contributed by atoms with van der Waals surface area (Å²) in [5.41, 5.74) is 5.88. The molecule has 0 saturated carbocycles. The molecule has 1 aliphatic rings. The van der Waals surface area contributed by atoms with Gasteiger partial charge >= 0.3 is 11.9 Å². The fourth-order valence-corrected chi connectivity index (χ4v) is 6.97. The van der Waals surface area contributed by atoms with Gasteiger partial charge in [0, 0.05) is 28.4 Å². The van der Waals surface area contributed by atoms with Crippen molar-refractivity contribution in [2.75, 3.05) is 9.80 Å². The maximum atomic E-state index is 12.2. The number of hydrogen-bond donors (Lipinski definition) is 4. The lowest BCUT2D eigenvalue weighted by molar-refractivity contribution is -0.145. The van der Waals surface area contributed by atoms with Crippen molar-refractivity contribution < 1.29 is 30.0 Å². The zero-order valence-corrected chi connectivity index (χ0v) is 31.3. The molecule has 2 unspecified atom stereocenters. The Morgan fingerprint density at radius 3 is 1.40 bits per heavy atom. The third-order valence-electron chi connectivity index (χ3n) is 9.79. The van der Waals surface area contributed by atoms with Crippen LogP contribution in [0.2, 0.25) is 0 Å². The molecule has 286 valence electrons. The maximum absolute atomic E-state index is 12.2. The van der Waals surface area contributed by atoms with Crippen LogP contribution >= 0.6 is 0 Å². The van der Waals surface area contributed by atoms with E-state index in [0.717, 1.165) is 39.3 Å². The number of carbonyl (C=O) groups is 2. The number of anilines is 5. The van der Waals surface area contributed by atoms with Crippen molar-refractivity contribution in [2.45, 2.75) is 5.72 Å². The predicted molar refractivity (Wildman–Crippen MR) is 230 cm³/mol. The van der Waals surface area contributed by atoms with E-state index in [4.69, 9.17) is 0 Å². The summed E-state index contributed by atoms with van der Waals surface area (Å²) in [4.78, 5) is 27.4. The number of allylic oxidation sites excluding steroid dienone is 2. The molecule has 0 radical (unpaired) electrons. The minimum Gasteiger partial charge on any atom is -0.507 e. The average molecular weight is 765 g/mol. The van der Waals surface area contributed by atoms with Crippen molar-refractivity contribution in [1.29, 1.82) is 0 Å². The van der Waals surface area contributed by atoms with Crippen LogP contribution in [0, 0.1) is 5.92 Å². The molecule has 8 nitrogen and oxygen atoms in total. The zero-order valence-electron chi connectivity index (χ0n) is 31.3. The van der Waals surface area contributed by atoms with Gasteiger partial charge in [-0.1, -0.05) is 133 Å². The van der Waals surface area contributed by atoms with Crippen LogP contribution in [0.15, 0.2) is 212 Å². The summed E-state index contributed by atoms with van der Waals surface area (Å²) in [7, 11) is 0. The van der Waals surface area contributed by atoms with Crippen molar-refractivity contribution in [3.63, 3.8) is 0 Å². The van der Waals surface area contributed by atoms with Crippen molar-refractivity contribution >= 4 is 45.9 Å². The number of rotatable bonds is 10. The second-order valence-corrected chi connectivity index (χ2v) is 13.5. The summed E-state index contributed by atoms with van der Waals surface area (Å²) >= 11 is 0. The molecule has 8 rings (SSSR count). The van der Waals surface area contributed by atoms with Gasteiger partial charge in [0.1, 0.15) is 17.2 Å². The highest BCUT2D eigenvalue weighted by atomic mass is 16.4. The first-order chi connectivity index (χ1) is 28.2. The van der Waals surface area contributed by atoms with Gasteiger partial charge in [0.15, 0.2) is 5.72 Å². The number of carboxylic acid groups (broad SMARTS) is 2. The molecule has 7 aromatic carbocycles. The third kappa shape index (κ3) is 8.43. The quantitative estimate of drug-likeness (QED) is 0.102. The number of hydrogen-bond acceptors (Lipinski definition) is 6. The highest BCUT2D eigenvalue weighted by Crippen LogP contribution is 2.42. The van der Waals surface area contributed by atoms with Crippen LogP contribution in [-0.4, -0.2) is 38.1 Å². The number of aromatic hydroxyl groups is 1. The van der Waals surface area contributed by atoms with Gasteiger partial charge in [-0.25, -0.2) is 4.79 Å². The van der Waals surface area contributed by atoms with Crippen molar-refractivity contribution in [2.24, 2.45) is 5.92 Å². The smallest absolute Gasteiger partial charge is 0.339 e. The summed E-state index contributed by atoms with van der Waals surface area (Å²) in [6.45, 7) is 0.